The van der Waals surface area contributed by atoms with Crippen molar-refractivity contribution in [3.63, 3.8) is 0 Å². The molecule has 2 atom stereocenters. The Morgan fingerprint density at radius 2 is 1.83 bits per heavy atom. The van der Waals surface area contributed by atoms with Crippen molar-refractivity contribution >= 4 is 40.1 Å². The molecule has 4 saturated carbocycles. The lowest BCUT2D eigenvalue weighted by atomic mass is 9.58. The molecule has 0 radical (unpaired) electrons. The molecule has 4 bridgehead atoms. The summed E-state index contributed by atoms with van der Waals surface area (Å²) in [5.74, 6) is 2.70. The van der Waals surface area contributed by atoms with Crippen molar-refractivity contribution in [2.75, 3.05) is 6.54 Å². The van der Waals surface area contributed by atoms with Crippen LogP contribution in [0.5, 0.6) is 0 Å². The highest BCUT2D eigenvalue weighted by Gasteiger charge is 2.48. The fourth-order valence-electron chi connectivity index (χ4n) is 5.62. The molecule has 5 rings (SSSR count). The summed E-state index contributed by atoms with van der Waals surface area (Å²) in [5, 5.41) is 3.77. The number of benzene rings is 1. The zero-order valence-electron chi connectivity index (χ0n) is 13.3. The van der Waals surface area contributed by atoms with Gasteiger partial charge in [0.15, 0.2) is 0 Å². The number of amides is 1. The maximum Gasteiger partial charge on any atom is 0.252 e. The first-order valence-corrected chi connectivity index (χ1v) is 10.2. The van der Waals surface area contributed by atoms with E-state index in [-0.39, 0.29) is 5.91 Å². The number of hydrogen-bond acceptors (Lipinski definition) is 1. The molecule has 0 aliphatic heterocycles. The van der Waals surface area contributed by atoms with Crippen LogP contribution in [0.2, 0.25) is 5.02 Å². The van der Waals surface area contributed by atoms with Crippen molar-refractivity contribution in [3.8, 4) is 0 Å². The number of fused-ring (bicyclic) bond motifs is 1. The quantitative estimate of drug-likeness (QED) is 0.633. The van der Waals surface area contributed by atoms with E-state index >= 15 is 0 Å². The minimum Gasteiger partial charge on any atom is -0.351 e. The first-order chi connectivity index (χ1) is 11.0. The molecule has 2 unspecified atom stereocenters. The van der Waals surface area contributed by atoms with Gasteiger partial charge in [0.1, 0.15) is 0 Å². The molecule has 1 amide bonds. The number of carbonyl (C=O) groups is 1. The fraction of sp³-hybridized carbons (Fsp3) is 0.632. The fourth-order valence-corrected chi connectivity index (χ4v) is 6.32. The van der Waals surface area contributed by atoms with Crippen LogP contribution >= 0.6 is 34.2 Å². The Labute approximate surface area is 156 Å². The van der Waals surface area contributed by atoms with Crippen molar-refractivity contribution in [1.29, 1.82) is 0 Å². The number of carbonyl (C=O) groups excluding carboxylic acids is 1. The third-order valence-corrected chi connectivity index (χ3v) is 7.28. The van der Waals surface area contributed by atoms with E-state index < -0.39 is 0 Å². The van der Waals surface area contributed by atoms with Crippen LogP contribution in [0.3, 0.4) is 0 Å². The van der Waals surface area contributed by atoms with Gasteiger partial charge in [-0.05, 0) is 96.1 Å². The molecule has 0 spiro atoms. The van der Waals surface area contributed by atoms with Gasteiger partial charge in [-0.25, -0.2) is 0 Å². The highest BCUT2D eigenvalue weighted by molar-refractivity contribution is 14.1. The molecule has 4 aliphatic rings. The van der Waals surface area contributed by atoms with Crippen LogP contribution in [-0.2, 0) is 0 Å². The standard InChI is InChI=1S/C19H23ClINO/c20-17-4-3-15(21)7-16(17)18(23)22-11-19-8-12-1-2-13(9-19)6-14(5-12)10-19/h3-4,7,12-14H,1-2,5-6,8-11H2,(H,22,23). The van der Waals surface area contributed by atoms with Gasteiger partial charge in [-0.15, -0.1) is 0 Å². The van der Waals surface area contributed by atoms with Gasteiger partial charge < -0.3 is 5.32 Å². The molecular weight excluding hydrogens is 421 g/mol. The Balaban J connectivity index is 1.48. The van der Waals surface area contributed by atoms with Crippen molar-refractivity contribution in [3.05, 3.63) is 32.4 Å². The van der Waals surface area contributed by atoms with E-state index in [1.807, 2.05) is 18.2 Å². The Morgan fingerprint density at radius 3 is 2.52 bits per heavy atom. The summed E-state index contributed by atoms with van der Waals surface area (Å²) in [5.41, 5.74) is 0.970. The number of hydrogen-bond donors (Lipinski definition) is 1. The molecule has 4 aliphatic carbocycles. The zero-order chi connectivity index (χ0) is 16.0. The Morgan fingerprint density at radius 1 is 1.17 bits per heavy atom. The summed E-state index contributed by atoms with van der Waals surface area (Å²) in [4.78, 5) is 12.6. The second-order valence-corrected chi connectivity index (χ2v) is 9.72. The molecule has 4 fully saturated rings. The first-order valence-electron chi connectivity index (χ1n) is 8.76. The largest absolute Gasteiger partial charge is 0.351 e. The first kappa shape index (κ1) is 16.2. The lowest BCUT2D eigenvalue weighted by Gasteiger charge is -2.48. The molecule has 2 nitrogen and oxygen atoms in total. The average Bonchev–Trinajstić information content (AvgIpc) is 2.73. The molecule has 1 aromatic rings. The minimum absolute atomic E-state index is 0.0112. The molecule has 124 valence electrons. The predicted octanol–water partition coefficient (Wildman–Crippen LogP) is 5.28. The number of nitrogens with one attached hydrogen (secondary N) is 1. The monoisotopic (exact) mass is 443 g/mol. The third kappa shape index (κ3) is 3.28. The Hall–Kier alpha value is -0.290. The smallest absolute Gasteiger partial charge is 0.252 e. The topological polar surface area (TPSA) is 29.1 Å². The van der Waals surface area contributed by atoms with Crippen LogP contribution < -0.4 is 5.32 Å². The summed E-state index contributed by atoms with van der Waals surface area (Å²) < 4.78 is 1.05. The molecule has 1 N–H and O–H groups in total. The third-order valence-electron chi connectivity index (χ3n) is 6.28. The Kier molecular flexibility index (Phi) is 4.38. The highest BCUT2D eigenvalue weighted by atomic mass is 127. The van der Waals surface area contributed by atoms with Crippen LogP contribution in [0.25, 0.3) is 0 Å². The Bertz CT molecular complexity index is 616. The van der Waals surface area contributed by atoms with E-state index in [1.165, 1.54) is 44.9 Å². The van der Waals surface area contributed by atoms with Gasteiger partial charge in [0.2, 0.25) is 0 Å². The van der Waals surface area contributed by atoms with Crippen LogP contribution in [-0.4, -0.2) is 12.5 Å². The lowest BCUT2D eigenvalue weighted by molar-refractivity contribution is 0.0338. The van der Waals surface area contributed by atoms with E-state index in [0.29, 0.717) is 16.0 Å². The van der Waals surface area contributed by atoms with Crippen LogP contribution in [0, 0.1) is 26.7 Å². The zero-order valence-corrected chi connectivity index (χ0v) is 16.2. The van der Waals surface area contributed by atoms with E-state index in [1.54, 1.807) is 0 Å². The van der Waals surface area contributed by atoms with E-state index in [4.69, 9.17) is 11.6 Å². The van der Waals surface area contributed by atoms with Gasteiger partial charge in [0, 0.05) is 10.1 Å². The predicted molar refractivity (Wildman–Crippen MR) is 102 cm³/mol. The van der Waals surface area contributed by atoms with Gasteiger partial charge in [0.05, 0.1) is 10.6 Å². The van der Waals surface area contributed by atoms with Gasteiger partial charge in [-0.3, -0.25) is 4.79 Å². The normalized spacial score (nSPS) is 35.1. The maximum atomic E-state index is 12.6. The average molecular weight is 444 g/mol. The summed E-state index contributed by atoms with van der Waals surface area (Å²) in [6, 6.07) is 5.63. The van der Waals surface area contributed by atoms with Crippen molar-refractivity contribution in [1.82, 2.24) is 5.32 Å². The minimum atomic E-state index is -0.0112. The lowest BCUT2D eigenvalue weighted by Crippen LogP contribution is -2.45. The molecular formula is C19H23ClINO. The second kappa shape index (κ2) is 6.21. The molecule has 1 aromatic carbocycles. The SMILES string of the molecule is O=C(NCC12CC3CCC(CC(C3)C1)C2)c1cc(I)ccc1Cl. The maximum absolute atomic E-state index is 12.6. The number of rotatable bonds is 3. The van der Waals surface area contributed by atoms with E-state index in [2.05, 4.69) is 27.9 Å². The van der Waals surface area contributed by atoms with E-state index in [0.717, 1.165) is 27.9 Å². The van der Waals surface area contributed by atoms with Gasteiger partial charge >= 0.3 is 0 Å². The van der Waals surface area contributed by atoms with Crippen molar-refractivity contribution in [2.45, 2.75) is 44.9 Å². The van der Waals surface area contributed by atoms with Crippen LogP contribution in [0.1, 0.15) is 55.3 Å². The molecule has 23 heavy (non-hydrogen) atoms. The molecule has 0 heterocycles. The van der Waals surface area contributed by atoms with E-state index in [9.17, 15) is 4.79 Å². The molecule has 0 aromatic heterocycles. The summed E-state index contributed by atoms with van der Waals surface area (Å²) in [6.07, 6.45) is 9.67. The van der Waals surface area contributed by atoms with Gasteiger partial charge in [-0.2, -0.15) is 0 Å². The number of halogens is 2. The van der Waals surface area contributed by atoms with Gasteiger partial charge in [0.25, 0.3) is 5.91 Å². The van der Waals surface area contributed by atoms with Crippen LogP contribution in [0.15, 0.2) is 18.2 Å². The van der Waals surface area contributed by atoms with Crippen molar-refractivity contribution in [2.24, 2.45) is 23.2 Å². The summed E-state index contributed by atoms with van der Waals surface area (Å²) in [6.45, 7) is 0.830. The van der Waals surface area contributed by atoms with Gasteiger partial charge in [-0.1, -0.05) is 24.4 Å². The highest BCUT2D eigenvalue weighted by Crippen LogP contribution is 2.57. The second-order valence-electron chi connectivity index (χ2n) is 8.07. The molecule has 0 saturated heterocycles. The van der Waals surface area contributed by atoms with Crippen molar-refractivity contribution < 1.29 is 4.79 Å². The summed E-state index contributed by atoms with van der Waals surface area (Å²) >= 11 is 8.43. The van der Waals surface area contributed by atoms with Crippen LogP contribution in [0.4, 0.5) is 0 Å². The molecule has 4 heteroatoms. The summed E-state index contributed by atoms with van der Waals surface area (Å²) in [7, 11) is 0.